The lowest BCUT2D eigenvalue weighted by molar-refractivity contribution is -0.122. The molecule has 0 unspecified atom stereocenters. The number of amides is 1. The Morgan fingerprint density at radius 2 is 1.95 bits per heavy atom. The molecule has 1 amide bonds. The number of rotatable bonds is 4. The van der Waals surface area contributed by atoms with Crippen LogP contribution in [0.15, 0.2) is 17.0 Å². The fourth-order valence-corrected chi connectivity index (χ4v) is 4.32. The van der Waals surface area contributed by atoms with Gasteiger partial charge < -0.3 is 10.4 Å². The molecule has 0 spiro atoms. The Bertz CT molecular complexity index is 654. The van der Waals surface area contributed by atoms with Gasteiger partial charge in [-0.1, -0.05) is 0 Å². The number of aryl methyl sites for hydroxylation is 2. The monoisotopic (exact) mass is 327 g/mol. The summed E-state index contributed by atoms with van der Waals surface area (Å²) in [6.07, 6.45) is -0.728. The Morgan fingerprint density at radius 1 is 1.36 bits per heavy atom. The molecule has 2 heterocycles. The lowest BCUT2D eigenvalue weighted by Gasteiger charge is -2.16. The van der Waals surface area contributed by atoms with Crippen LogP contribution in [0.2, 0.25) is 0 Å². The Hall–Kier alpha value is -1.51. The molecule has 8 heteroatoms. The van der Waals surface area contributed by atoms with E-state index in [2.05, 4.69) is 10.3 Å². The SMILES string of the molecule is CNC(=O)C[C@@H]1CN(S(=O)(=O)c2cc(C)nc(C)c2)C[C@H]1O. The molecular formula is C14H21N3O4S. The summed E-state index contributed by atoms with van der Waals surface area (Å²) in [6, 6.07) is 3.03. The number of aliphatic hydroxyl groups is 1. The average molecular weight is 327 g/mol. The van der Waals surface area contributed by atoms with Gasteiger partial charge in [0.05, 0.1) is 11.0 Å². The van der Waals surface area contributed by atoms with Crippen LogP contribution in [-0.4, -0.2) is 55.0 Å². The van der Waals surface area contributed by atoms with E-state index in [9.17, 15) is 18.3 Å². The summed E-state index contributed by atoms with van der Waals surface area (Å²) in [7, 11) is -2.18. The summed E-state index contributed by atoms with van der Waals surface area (Å²) in [6.45, 7) is 3.61. The quantitative estimate of drug-likeness (QED) is 0.799. The van der Waals surface area contributed by atoms with Crippen LogP contribution in [0.5, 0.6) is 0 Å². The van der Waals surface area contributed by atoms with Crippen LogP contribution in [0.3, 0.4) is 0 Å². The maximum Gasteiger partial charge on any atom is 0.243 e. The molecule has 2 atom stereocenters. The topological polar surface area (TPSA) is 99.6 Å². The zero-order valence-electron chi connectivity index (χ0n) is 12.9. The Balaban J connectivity index is 2.22. The van der Waals surface area contributed by atoms with Crippen LogP contribution < -0.4 is 5.32 Å². The van der Waals surface area contributed by atoms with Gasteiger partial charge in [0.2, 0.25) is 15.9 Å². The minimum Gasteiger partial charge on any atom is -0.391 e. The van der Waals surface area contributed by atoms with E-state index in [1.54, 1.807) is 13.8 Å². The summed E-state index contributed by atoms with van der Waals surface area (Å²) < 4.78 is 26.6. The van der Waals surface area contributed by atoms with Crippen molar-refractivity contribution in [1.82, 2.24) is 14.6 Å². The van der Waals surface area contributed by atoms with E-state index in [1.807, 2.05) is 0 Å². The molecule has 0 aromatic carbocycles. The number of nitrogens with one attached hydrogen (secondary N) is 1. The minimum atomic E-state index is -3.69. The van der Waals surface area contributed by atoms with E-state index in [1.165, 1.54) is 23.5 Å². The zero-order valence-corrected chi connectivity index (χ0v) is 13.7. The highest BCUT2D eigenvalue weighted by molar-refractivity contribution is 7.89. The van der Waals surface area contributed by atoms with Crippen LogP contribution in [0, 0.1) is 19.8 Å². The van der Waals surface area contributed by atoms with Gasteiger partial charge in [-0.05, 0) is 26.0 Å². The van der Waals surface area contributed by atoms with Gasteiger partial charge in [-0.2, -0.15) is 4.31 Å². The smallest absolute Gasteiger partial charge is 0.243 e. The lowest BCUT2D eigenvalue weighted by atomic mass is 10.0. The number of carbonyl (C=O) groups excluding carboxylic acids is 1. The molecule has 22 heavy (non-hydrogen) atoms. The second-order valence-electron chi connectivity index (χ2n) is 5.61. The molecule has 0 aliphatic carbocycles. The highest BCUT2D eigenvalue weighted by Crippen LogP contribution is 2.27. The third-order valence-electron chi connectivity index (χ3n) is 3.79. The molecule has 0 saturated carbocycles. The van der Waals surface area contributed by atoms with Crippen molar-refractivity contribution in [1.29, 1.82) is 0 Å². The summed E-state index contributed by atoms with van der Waals surface area (Å²) in [5, 5.41) is 12.5. The molecular weight excluding hydrogens is 306 g/mol. The lowest BCUT2D eigenvalue weighted by Crippen LogP contribution is -2.30. The first-order valence-corrected chi connectivity index (χ1v) is 8.52. The molecule has 1 aliphatic heterocycles. The first kappa shape index (κ1) is 16.9. The second kappa shape index (κ2) is 6.31. The molecule has 122 valence electrons. The fraction of sp³-hybridized carbons (Fsp3) is 0.571. The second-order valence-corrected chi connectivity index (χ2v) is 7.55. The van der Waals surface area contributed by atoms with Gasteiger partial charge in [-0.15, -0.1) is 0 Å². The molecule has 1 aromatic rings. The molecule has 1 saturated heterocycles. The molecule has 0 radical (unpaired) electrons. The van der Waals surface area contributed by atoms with E-state index >= 15 is 0 Å². The number of hydrogen-bond donors (Lipinski definition) is 2. The predicted octanol–water partition coefficient (Wildman–Crippen LogP) is -0.184. The number of pyridine rings is 1. The van der Waals surface area contributed by atoms with Crippen molar-refractivity contribution in [3.05, 3.63) is 23.5 Å². The maximum absolute atomic E-state index is 12.7. The first-order chi connectivity index (χ1) is 10.2. The Kier molecular flexibility index (Phi) is 4.84. The van der Waals surface area contributed by atoms with Gasteiger partial charge >= 0.3 is 0 Å². The van der Waals surface area contributed by atoms with Crippen molar-refractivity contribution in [2.75, 3.05) is 20.1 Å². The third-order valence-corrected chi connectivity index (χ3v) is 5.60. The van der Waals surface area contributed by atoms with Gasteiger partial charge in [0.15, 0.2) is 0 Å². The van der Waals surface area contributed by atoms with Crippen LogP contribution in [-0.2, 0) is 14.8 Å². The number of aromatic nitrogens is 1. The highest BCUT2D eigenvalue weighted by atomic mass is 32.2. The number of aliphatic hydroxyl groups excluding tert-OH is 1. The molecule has 7 nitrogen and oxygen atoms in total. The number of hydrogen-bond acceptors (Lipinski definition) is 5. The molecule has 1 aliphatic rings. The maximum atomic E-state index is 12.7. The van der Waals surface area contributed by atoms with Crippen LogP contribution in [0.4, 0.5) is 0 Å². The zero-order chi connectivity index (χ0) is 16.5. The summed E-state index contributed by atoms with van der Waals surface area (Å²) in [5.41, 5.74) is 1.25. The van der Waals surface area contributed by atoms with E-state index < -0.39 is 22.0 Å². The largest absolute Gasteiger partial charge is 0.391 e. The summed E-state index contributed by atoms with van der Waals surface area (Å²) in [4.78, 5) is 15.8. The Morgan fingerprint density at radius 3 is 2.50 bits per heavy atom. The third kappa shape index (κ3) is 3.45. The standard InChI is InChI=1S/C14H21N3O4S/c1-9-4-12(5-10(2)16-9)22(20,21)17-7-11(13(18)8-17)6-14(19)15-3/h4-5,11,13,18H,6-8H2,1-3H3,(H,15,19)/t11-,13-/m1/s1. The molecule has 0 bridgehead atoms. The van der Waals surface area contributed by atoms with Crippen LogP contribution >= 0.6 is 0 Å². The van der Waals surface area contributed by atoms with E-state index in [4.69, 9.17) is 0 Å². The number of sulfonamides is 1. The number of carbonyl (C=O) groups is 1. The number of β-amino-alcohol motifs (C(OH)–C–C–N with tert-alkyl or cyclic N) is 1. The molecule has 2 rings (SSSR count). The van der Waals surface area contributed by atoms with Crippen molar-refractivity contribution < 1.29 is 18.3 Å². The molecule has 1 aromatic heterocycles. The first-order valence-electron chi connectivity index (χ1n) is 7.08. The van der Waals surface area contributed by atoms with Crippen molar-refractivity contribution >= 4 is 15.9 Å². The van der Waals surface area contributed by atoms with Gasteiger partial charge in [0.25, 0.3) is 0 Å². The van der Waals surface area contributed by atoms with Gasteiger partial charge in [-0.3, -0.25) is 9.78 Å². The van der Waals surface area contributed by atoms with Crippen LogP contribution in [0.1, 0.15) is 17.8 Å². The molecule has 2 N–H and O–H groups in total. The van der Waals surface area contributed by atoms with E-state index in [0.29, 0.717) is 11.4 Å². The average Bonchev–Trinajstić information content (AvgIpc) is 2.79. The van der Waals surface area contributed by atoms with Crippen molar-refractivity contribution in [3.63, 3.8) is 0 Å². The Labute approximate surface area is 130 Å². The highest BCUT2D eigenvalue weighted by Gasteiger charge is 2.39. The number of nitrogens with zero attached hydrogens (tertiary/aromatic N) is 2. The van der Waals surface area contributed by atoms with Gasteiger partial charge in [0, 0.05) is 43.9 Å². The fourth-order valence-electron chi connectivity index (χ4n) is 2.65. The van der Waals surface area contributed by atoms with Crippen molar-refractivity contribution in [2.45, 2.75) is 31.3 Å². The summed E-state index contributed by atoms with van der Waals surface area (Å²) in [5.74, 6) is -0.599. The van der Waals surface area contributed by atoms with Gasteiger partial charge in [-0.25, -0.2) is 8.42 Å². The van der Waals surface area contributed by atoms with Crippen LogP contribution in [0.25, 0.3) is 0 Å². The molecule has 1 fully saturated rings. The minimum absolute atomic E-state index is 0.00438. The van der Waals surface area contributed by atoms with E-state index in [0.717, 1.165) is 0 Å². The van der Waals surface area contributed by atoms with Crippen molar-refractivity contribution in [3.8, 4) is 0 Å². The van der Waals surface area contributed by atoms with E-state index in [-0.39, 0.29) is 30.3 Å². The normalized spacial score (nSPS) is 22.7. The van der Waals surface area contributed by atoms with Crippen molar-refractivity contribution in [2.24, 2.45) is 5.92 Å². The predicted molar refractivity (Wildman–Crippen MR) is 80.7 cm³/mol. The van der Waals surface area contributed by atoms with Gasteiger partial charge in [0.1, 0.15) is 0 Å². The summed E-state index contributed by atoms with van der Waals surface area (Å²) >= 11 is 0.